The largest absolute Gasteiger partial charge is 0.495 e. The SMILES string of the molecule is COc1ccc(S(=O)(=O)Nc2ccc(S(=O)(=O)N3CCCCCC3)cc2)cc1NC(C)=O. The molecule has 0 atom stereocenters. The van der Waals surface area contributed by atoms with E-state index < -0.39 is 20.0 Å². The van der Waals surface area contributed by atoms with Crippen molar-refractivity contribution in [3.05, 3.63) is 42.5 Å². The summed E-state index contributed by atoms with van der Waals surface area (Å²) in [5.41, 5.74) is 0.443. The van der Waals surface area contributed by atoms with Crippen molar-refractivity contribution in [1.29, 1.82) is 0 Å². The van der Waals surface area contributed by atoms with Gasteiger partial charge in [0, 0.05) is 25.7 Å². The zero-order valence-electron chi connectivity index (χ0n) is 18.0. The van der Waals surface area contributed by atoms with Crippen LogP contribution < -0.4 is 14.8 Å². The van der Waals surface area contributed by atoms with Crippen molar-refractivity contribution in [2.45, 2.75) is 42.4 Å². The summed E-state index contributed by atoms with van der Waals surface area (Å²) in [5.74, 6) is -0.0470. The average molecular weight is 482 g/mol. The Hall–Kier alpha value is -2.63. The van der Waals surface area contributed by atoms with Gasteiger partial charge in [0.15, 0.2) is 0 Å². The molecule has 2 aromatic rings. The monoisotopic (exact) mass is 481 g/mol. The van der Waals surface area contributed by atoms with Crippen LogP contribution in [0.3, 0.4) is 0 Å². The van der Waals surface area contributed by atoms with Crippen molar-refractivity contribution in [3.63, 3.8) is 0 Å². The number of carbonyl (C=O) groups excluding carboxylic acids is 1. The maximum absolute atomic E-state index is 12.9. The van der Waals surface area contributed by atoms with Gasteiger partial charge in [-0.3, -0.25) is 9.52 Å². The standard InChI is InChI=1S/C21H27N3O6S2/c1-16(25)22-20-15-19(11-12-21(20)30-2)31(26,27)23-17-7-9-18(10-8-17)32(28,29)24-13-5-3-4-6-14-24/h7-12,15,23H,3-6,13-14H2,1-2H3,(H,22,25). The first-order valence-corrected chi connectivity index (χ1v) is 13.1. The van der Waals surface area contributed by atoms with E-state index in [9.17, 15) is 21.6 Å². The summed E-state index contributed by atoms with van der Waals surface area (Å²) >= 11 is 0. The fraction of sp³-hybridized carbons (Fsp3) is 0.381. The van der Waals surface area contributed by atoms with Gasteiger partial charge < -0.3 is 10.1 Å². The number of nitrogens with zero attached hydrogens (tertiary/aromatic N) is 1. The molecule has 3 rings (SSSR count). The van der Waals surface area contributed by atoms with Gasteiger partial charge in [-0.25, -0.2) is 16.8 Å². The minimum Gasteiger partial charge on any atom is -0.495 e. The molecule has 0 unspecified atom stereocenters. The number of hydrogen-bond donors (Lipinski definition) is 2. The van der Waals surface area contributed by atoms with Gasteiger partial charge >= 0.3 is 0 Å². The number of carbonyl (C=O) groups is 1. The number of nitrogens with one attached hydrogen (secondary N) is 2. The van der Waals surface area contributed by atoms with E-state index in [4.69, 9.17) is 4.74 Å². The van der Waals surface area contributed by atoms with Crippen LogP contribution in [0.5, 0.6) is 5.75 Å². The van der Waals surface area contributed by atoms with Crippen LogP contribution in [0.4, 0.5) is 11.4 Å². The molecular weight excluding hydrogens is 454 g/mol. The highest BCUT2D eigenvalue weighted by atomic mass is 32.2. The molecule has 0 bridgehead atoms. The Bertz CT molecular complexity index is 1170. The third-order valence-corrected chi connectivity index (χ3v) is 8.39. The topological polar surface area (TPSA) is 122 Å². The van der Waals surface area contributed by atoms with E-state index in [1.165, 1.54) is 60.8 Å². The van der Waals surface area contributed by atoms with Crippen molar-refractivity contribution >= 4 is 37.3 Å². The number of rotatable bonds is 7. The molecule has 0 saturated carbocycles. The number of hydrogen-bond acceptors (Lipinski definition) is 6. The molecule has 1 amide bonds. The van der Waals surface area contributed by atoms with Gasteiger partial charge in [-0.2, -0.15) is 4.31 Å². The zero-order valence-corrected chi connectivity index (χ0v) is 19.6. The van der Waals surface area contributed by atoms with E-state index in [0.717, 1.165) is 25.7 Å². The molecule has 32 heavy (non-hydrogen) atoms. The first kappa shape index (κ1) is 24.0. The maximum Gasteiger partial charge on any atom is 0.261 e. The summed E-state index contributed by atoms with van der Waals surface area (Å²) in [6.45, 7) is 2.29. The Labute approximate surface area is 188 Å². The van der Waals surface area contributed by atoms with Gasteiger partial charge in [0.2, 0.25) is 15.9 Å². The first-order valence-electron chi connectivity index (χ1n) is 10.2. The van der Waals surface area contributed by atoms with E-state index in [1.54, 1.807) is 0 Å². The van der Waals surface area contributed by atoms with Crippen LogP contribution in [0.15, 0.2) is 52.3 Å². The molecular formula is C21H27N3O6S2. The predicted molar refractivity (Wildman–Crippen MR) is 122 cm³/mol. The lowest BCUT2D eigenvalue weighted by molar-refractivity contribution is -0.114. The van der Waals surface area contributed by atoms with Gasteiger partial charge in [-0.05, 0) is 55.3 Å². The molecule has 0 spiro atoms. The number of sulfonamides is 2. The molecule has 1 fully saturated rings. The molecule has 2 N–H and O–H groups in total. The number of ether oxygens (including phenoxy) is 1. The minimum absolute atomic E-state index is 0.0803. The highest BCUT2D eigenvalue weighted by Crippen LogP contribution is 2.29. The summed E-state index contributed by atoms with van der Waals surface area (Å²) in [6, 6.07) is 9.72. The lowest BCUT2D eigenvalue weighted by atomic mass is 10.2. The molecule has 0 aliphatic carbocycles. The molecule has 1 saturated heterocycles. The van der Waals surface area contributed by atoms with Gasteiger partial charge in [0.05, 0.1) is 22.6 Å². The van der Waals surface area contributed by atoms with E-state index in [-0.39, 0.29) is 27.1 Å². The smallest absolute Gasteiger partial charge is 0.261 e. The van der Waals surface area contributed by atoms with Crippen LogP contribution in [0.2, 0.25) is 0 Å². The van der Waals surface area contributed by atoms with Crippen LogP contribution in [0, 0.1) is 0 Å². The summed E-state index contributed by atoms with van der Waals surface area (Å²) in [7, 11) is -6.20. The average Bonchev–Trinajstić information content (AvgIpc) is 3.03. The van der Waals surface area contributed by atoms with E-state index in [2.05, 4.69) is 10.0 Å². The Morgan fingerprint density at radius 3 is 2.06 bits per heavy atom. The molecule has 1 aliphatic heterocycles. The highest BCUT2D eigenvalue weighted by Gasteiger charge is 2.25. The second-order valence-corrected chi connectivity index (χ2v) is 11.1. The molecule has 0 radical (unpaired) electrons. The van der Waals surface area contributed by atoms with Crippen LogP contribution >= 0.6 is 0 Å². The number of benzene rings is 2. The molecule has 2 aromatic carbocycles. The predicted octanol–water partition coefficient (Wildman–Crippen LogP) is 3.02. The summed E-state index contributed by atoms with van der Waals surface area (Å²) in [5, 5.41) is 2.53. The van der Waals surface area contributed by atoms with Gasteiger partial charge in [-0.1, -0.05) is 12.8 Å². The second-order valence-electron chi connectivity index (χ2n) is 7.49. The molecule has 9 nitrogen and oxygen atoms in total. The minimum atomic E-state index is -3.99. The number of anilines is 2. The fourth-order valence-electron chi connectivity index (χ4n) is 3.48. The maximum atomic E-state index is 12.9. The summed E-state index contributed by atoms with van der Waals surface area (Å²) in [6.07, 6.45) is 3.70. The lowest BCUT2D eigenvalue weighted by Crippen LogP contribution is -2.31. The van der Waals surface area contributed by atoms with Gasteiger partial charge in [0.1, 0.15) is 5.75 Å². The number of methoxy groups -OCH3 is 1. The first-order chi connectivity index (χ1) is 15.1. The quantitative estimate of drug-likeness (QED) is 0.627. The van der Waals surface area contributed by atoms with Crippen molar-refractivity contribution in [2.24, 2.45) is 0 Å². The molecule has 1 heterocycles. The summed E-state index contributed by atoms with van der Waals surface area (Å²) < 4.78 is 60.5. The van der Waals surface area contributed by atoms with Crippen molar-refractivity contribution < 1.29 is 26.4 Å². The van der Waals surface area contributed by atoms with E-state index in [1.807, 2.05) is 0 Å². The van der Waals surface area contributed by atoms with Crippen LogP contribution in [-0.2, 0) is 24.8 Å². The van der Waals surface area contributed by atoms with Crippen molar-refractivity contribution in [1.82, 2.24) is 4.31 Å². The lowest BCUT2D eigenvalue weighted by Gasteiger charge is -2.20. The Morgan fingerprint density at radius 2 is 1.50 bits per heavy atom. The Kier molecular flexibility index (Phi) is 7.42. The molecule has 174 valence electrons. The van der Waals surface area contributed by atoms with E-state index in [0.29, 0.717) is 18.8 Å². The molecule has 0 aromatic heterocycles. The van der Waals surface area contributed by atoms with Crippen LogP contribution in [0.1, 0.15) is 32.6 Å². The Balaban J connectivity index is 1.80. The van der Waals surface area contributed by atoms with Crippen LogP contribution in [0.25, 0.3) is 0 Å². The normalized spacial score (nSPS) is 15.6. The highest BCUT2D eigenvalue weighted by molar-refractivity contribution is 7.92. The van der Waals surface area contributed by atoms with E-state index >= 15 is 0 Å². The number of amides is 1. The third-order valence-electron chi connectivity index (χ3n) is 5.10. The third kappa shape index (κ3) is 5.59. The zero-order chi connectivity index (χ0) is 23.4. The van der Waals surface area contributed by atoms with Crippen molar-refractivity contribution in [2.75, 3.05) is 30.2 Å². The van der Waals surface area contributed by atoms with Gasteiger partial charge in [-0.15, -0.1) is 0 Å². The Morgan fingerprint density at radius 1 is 0.906 bits per heavy atom. The fourth-order valence-corrected chi connectivity index (χ4v) is 6.08. The molecule has 11 heteroatoms. The summed E-state index contributed by atoms with van der Waals surface area (Å²) in [4.78, 5) is 11.4. The second kappa shape index (κ2) is 9.88. The molecule has 1 aliphatic rings. The van der Waals surface area contributed by atoms with Crippen LogP contribution in [-0.4, -0.2) is 47.2 Å². The van der Waals surface area contributed by atoms with Gasteiger partial charge in [0.25, 0.3) is 10.0 Å². The van der Waals surface area contributed by atoms with Crippen molar-refractivity contribution in [3.8, 4) is 5.75 Å².